The van der Waals surface area contributed by atoms with Crippen LogP contribution in [-0.4, -0.2) is 25.7 Å². The second-order valence-electron chi connectivity index (χ2n) is 4.72. The number of anilines is 1. The van der Waals surface area contributed by atoms with Crippen molar-refractivity contribution in [2.24, 2.45) is 0 Å². The molecular weight excluding hydrogens is 286 g/mol. The van der Waals surface area contributed by atoms with Gasteiger partial charge in [-0.1, -0.05) is 18.3 Å². The largest absolute Gasteiger partial charge is 0.311 e. The number of thiazole rings is 1. The van der Waals surface area contributed by atoms with Crippen molar-refractivity contribution >= 4 is 34.0 Å². The van der Waals surface area contributed by atoms with E-state index in [1.165, 1.54) is 11.8 Å². The van der Waals surface area contributed by atoms with Gasteiger partial charge in [-0.15, -0.1) is 0 Å². The minimum atomic E-state index is -0.147. The van der Waals surface area contributed by atoms with Crippen LogP contribution in [0.25, 0.3) is 16.0 Å². The molecule has 0 bridgehead atoms. The first kappa shape index (κ1) is 13.7. The van der Waals surface area contributed by atoms with Gasteiger partial charge in [-0.3, -0.25) is 4.79 Å². The van der Waals surface area contributed by atoms with Gasteiger partial charge < -0.3 is 5.32 Å². The molecule has 0 fully saturated rings. The molecule has 3 heterocycles. The van der Waals surface area contributed by atoms with E-state index in [4.69, 9.17) is 0 Å². The summed E-state index contributed by atoms with van der Waals surface area (Å²) in [5, 5.41) is 8.82. The van der Waals surface area contributed by atoms with E-state index in [1.54, 1.807) is 28.4 Å². The van der Waals surface area contributed by atoms with Gasteiger partial charge in [0.2, 0.25) is 11.0 Å². The van der Waals surface area contributed by atoms with Crippen molar-refractivity contribution in [2.75, 3.05) is 5.32 Å². The Bertz CT molecular complexity index is 820. The third-order valence-electron chi connectivity index (χ3n) is 3.15. The molecule has 0 aliphatic heterocycles. The van der Waals surface area contributed by atoms with E-state index in [9.17, 15) is 4.79 Å². The van der Waals surface area contributed by atoms with Crippen molar-refractivity contribution < 1.29 is 4.79 Å². The predicted octanol–water partition coefficient (Wildman–Crippen LogP) is 2.71. The molecule has 0 aliphatic rings. The van der Waals surface area contributed by atoms with E-state index in [0.29, 0.717) is 5.82 Å². The standard InChI is InChI=1S/C14H15N5OS/c1-4-11-8(2)21-14(18-11)19-12-5-13(17-9(3)20)15-6-10(12)7-16-19/h5-7H,4H2,1-3H3,(H,15,17,20). The highest BCUT2D eigenvalue weighted by molar-refractivity contribution is 7.14. The molecule has 0 aliphatic carbocycles. The average Bonchev–Trinajstić information content (AvgIpc) is 3.00. The van der Waals surface area contributed by atoms with Gasteiger partial charge in [-0.2, -0.15) is 5.10 Å². The minimum absolute atomic E-state index is 0.147. The Balaban J connectivity index is 2.11. The molecule has 6 nitrogen and oxygen atoms in total. The summed E-state index contributed by atoms with van der Waals surface area (Å²) in [6.45, 7) is 5.61. The molecular formula is C14H15N5OS. The number of fused-ring (bicyclic) bond motifs is 1. The van der Waals surface area contributed by atoms with Crippen LogP contribution in [0.4, 0.5) is 5.82 Å². The number of hydrogen-bond acceptors (Lipinski definition) is 5. The Kier molecular flexibility index (Phi) is 3.42. The van der Waals surface area contributed by atoms with Crippen LogP contribution in [0.1, 0.15) is 24.4 Å². The molecule has 3 rings (SSSR count). The van der Waals surface area contributed by atoms with E-state index in [0.717, 1.165) is 28.1 Å². The molecule has 0 saturated heterocycles. The van der Waals surface area contributed by atoms with E-state index in [2.05, 4.69) is 34.2 Å². The zero-order valence-corrected chi connectivity index (χ0v) is 12.9. The lowest BCUT2D eigenvalue weighted by Gasteiger charge is -2.02. The first-order chi connectivity index (χ1) is 10.1. The Morgan fingerprint density at radius 2 is 2.24 bits per heavy atom. The molecule has 3 aromatic rings. The van der Waals surface area contributed by atoms with Gasteiger partial charge in [0.15, 0.2) is 0 Å². The van der Waals surface area contributed by atoms with Crippen LogP contribution in [0.15, 0.2) is 18.5 Å². The summed E-state index contributed by atoms with van der Waals surface area (Å²) < 4.78 is 1.79. The molecule has 108 valence electrons. The molecule has 1 N–H and O–H groups in total. The number of aromatic nitrogens is 4. The van der Waals surface area contributed by atoms with Crippen LogP contribution >= 0.6 is 11.3 Å². The van der Waals surface area contributed by atoms with Gasteiger partial charge in [0.1, 0.15) is 5.82 Å². The van der Waals surface area contributed by atoms with Crippen LogP contribution in [-0.2, 0) is 11.2 Å². The quantitative estimate of drug-likeness (QED) is 0.807. The maximum absolute atomic E-state index is 11.1. The maximum atomic E-state index is 11.1. The lowest BCUT2D eigenvalue weighted by molar-refractivity contribution is -0.114. The van der Waals surface area contributed by atoms with Crippen molar-refractivity contribution in [1.29, 1.82) is 0 Å². The summed E-state index contributed by atoms with van der Waals surface area (Å²) in [5.41, 5.74) is 1.97. The van der Waals surface area contributed by atoms with Crippen molar-refractivity contribution in [3.63, 3.8) is 0 Å². The van der Waals surface area contributed by atoms with E-state index in [-0.39, 0.29) is 5.91 Å². The van der Waals surface area contributed by atoms with E-state index < -0.39 is 0 Å². The van der Waals surface area contributed by atoms with Crippen molar-refractivity contribution in [1.82, 2.24) is 19.7 Å². The zero-order valence-electron chi connectivity index (χ0n) is 12.0. The third kappa shape index (κ3) is 2.52. The molecule has 0 unspecified atom stereocenters. The molecule has 0 saturated carbocycles. The predicted molar refractivity (Wildman–Crippen MR) is 83.0 cm³/mol. The molecule has 0 atom stereocenters. The van der Waals surface area contributed by atoms with Crippen LogP contribution in [0, 0.1) is 6.92 Å². The summed E-state index contributed by atoms with van der Waals surface area (Å²) in [7, 11) is 0. The lowest BCUT2D eigenvalue weighted by atomic mass is 10.3. The summed E-state index contributed by atoms with van der Waals surface area (Å²) in [5.74, 6) is 0.368. The SMILES string of the molecule is CCc1nc(-n2ncc3cnc(NC(C)=O)cc32)sc1C. The van der Waals surface area contributed by atoms with E-state index >= 15 is 0 Å². The normalized spacial score (nSPS) is 11.0. The highest BCUT2D eigenvalue weighted by Crippen LogP contribution is 2.25. The Morgan fingerprint density at radius 1 is 1.43 bits per heavy atom. The number of aryl methyl sites for hydroxylation is 2. The number of amides is 1. The van der Waals surface area contributed by atoms with Crippen LogP contribution < -0.4 is 5.32 Å². The molecule has 0 spiro atoms. The van der Waals surface area contributed by atoms with Crippen molar-refractivity contribution in [2.45, 2.75) is 27.2 Å². The first-order valence-corrected chi connectivity index (χ1v) is 7.48. The van der Waals surface area contributed by atoms with Gasteiger partial charge in [-0.25, -0.2) is 14.6 Å². The number of rotatable bonds is 3. The molecule has 3 aromatic heterocycles. The highest BCUT2D eigenvalue weighted by Gasteiger charge is 2.12. The molecule has 0 radical (unpaired) electrons. The number of nitrogens with one attached hydrogen (secondary N) is 1. The smallest absolute Gasteiger partial charge is 0.222 e. The first-order valence-electron chi connectivity index (χ1n) is 6.66. The molecule has 0 aromatic carbocycles. The number of pyridine rings is 1. The minimum Gasteiger partial charge on any atom is -0.311 e. The zero-order chi connectivity index (χ0) is 15.0. The van der Waals surface area contributed by atoms with Gasteiger partial charge >= 0.3 is 0 Å². The summed E-state index contributed by atoms with van der Waals surface area (Å²) in [4.78, 5) is 21.2. The average molecular weight is 301 g/mol. The monoisotopic (exact) mass is 301 g/mol. The Hall–Kier alpha value is -2.28. The lowest BCUT2D eigenvalue weighted by Crippen LogP contribution is -2.07. The molecule has 1 amide bonds. The number of carbonyl (C=O) groups is 1. The fourth-order valence-corrected chi connectivity index (χ4v) is 3.12. The second-order valence-corrected chi connectivity index (χ2v) is 5.90. The maximum Gasteiger partial charge on any atom is 0.222 e. The van der Waals surface area contributed by atoms with Gasteiger partial charge in [-0.05, 0) is 13.3 Å². The van der Waals surface area contributed by atoms with Gasteiger partial charge in [0.05, 0.1) is 17.4 Å². The van der Waals surface area contributed by atoms with Gasteiger partial charge in [0.25, 0.3) is 0 Å². The number of carbonyl (C=O) groups excluding carboxylic acids is 1. The number of hydrogen-bond donors (Lipinski definition) is 1. The summed E-state index contributed by atoms with van der Waals surface area (Å²) in [6, 6.07) is 1.81. The third-order valence-corrected chi connectivity index (χ3v) is 4.14. The van der Waals surface area contributed by atoms with Crippen LogP contribution in [0.2, 0.25) is 0 Å². The summed E-state index contributed by atoms with van der Waals surface area (Å²) >= 11 is 1.61. The second kappa shape index (κ2) is 5.25. The van der Waals surface area contributed by atoms with Gasteiger partial charge in [0, 0.05) is 29.5 Å². The van der Waals surface area contributed by atoms with Crippen molar-refractivity contribution in [3.8, 4) is 5.13 Å². The fourth-order valence-electron chi connectivity index (χ4n) is 2.15. The topological polar surface area (TPSA) is 72.7 Å². The molecule has 21 heavy (non-hydrogen) atoms. The fraction of sp³-hybridized carbons (Fsp3) is 0.286. The number of nitrogens with zero attached hydrogens (tertiary/aromatic N) is 4. The van der Waals surface area contributed by atoms with Crippen molar-refractivity contribution in [3.05, 3.63) is 29.0 Å². The molecule has 7 heteroatoms. The Morgan fingerprint density at radius 3 is 2.90 bits per heavy atom. The Labute approximate surface area is 125 Å². The highest BCUT2D eigenvalue weighted by atomic mass is 32.1. The van der Waals surface area contributed by atoms with E-state index in [1.807, 2.05) is 6.07 Å². The van der Waals surface area contributed by atoms with Crippen LogP contribution in [0.5, 0.6) is 0 Å². The summed E-state index contributed by atoms with van der Waals surface area (Å²) in [6.07, 6.45) is 4.35. The van der Waals surface area contributed by atoms with Crippen LogP contribution in [0.3, 0.4) is 0 Å².